The fourth-order valence-electron chi connectivity index (χ4n) is 1.66. The average molecular weight is 398 g/mol. The molecule has 26 heavy (non-hydrogen) atoms. The zero-order chi connectivity index (χ0) is 19.5. The van der Waals surface area contributed by atoms with Gasteiger partial charge in [-0.2, -0.15) is 8.42 Å². The number of unbranched alkanes of at least 4 members (excludes halogenated alkanes) is 1. The van der Waals surface area contributed by atoms with Gasteiger partial charge in [0.15, 0.2) is 5.25 Å². The maximum atomic E-state index is 10.2. The number of rotatable bonds is 9. The summed E-state index contributed by atoms with van der Waals surface area (Å²) in [7, 11) is -4.84. The second kappa shape index (κ2) is 14.0. The van der Waals surface area contributed by atoms with Crippen molar-refractivity contribution in [2.75, 3.05) is 0 Å². The summed E-state index contributed by atoms with van der Waals surface area (Å²) in [5, 5.41) is 13.9. The summed E-state index contributed by atoms with van der Waals surface area (Å²) in [4.78, 5) is 20.0. The summed E-state index contributed by atoms with van der Waals surface area (Å²) in [5.74, 6) is -2.58. The van der Waals surface area contributed by atoms with E-state index >= 15 is 0 Å². The number of hydrogen-bond acceptors (Lipinski definition) is 5. The standard InChI is InChI=1S/C12H17O.C4H6O7S.Na/c1-3-4-8-11(2)13-12-9-6-5-7-10-12;5-3(6)1-2(4(7)8)12(9,10)11;/h5-7,9-11H,2-4,8H2,1H3;2H,1H2,(H,5,6)(H,7,8)(H,9,10,11);/q-1;;+1. The molecule has 0 fully saturated rings. The first-order valence-electron chi connectivity index (χ1n) is 7.53. The third kappa shape index (κ3) is 13.1. The van der Waals surface area contributed by atoms with Gasteiger partial charge >= 0.3 is 41.5 Å². The van der Waals surface area contributed by atoms with Crippen LogP contribution in [0, 0.1) is 6.92 Å². The third-order valence-corrected chi connectivity index (χ3v) is 4.01. The van der Waals surface area contributed by atoms with Crippen LogP contribution in [0.1, 0.15) is 32.6 Å². The van der Waals surface area contributed by atoms with E-state index in [1.165, 1.54) is 12.8 Å². The summed E-state index contributed by atoms with van der Waals surface area (Å²) in [5.41, 5.74) is 0. The van der Waals surface area contributed by atoms with Gasteiger partial charge in [-0.25, -0.2) is 0 Å². The van der Waals surface area contributed by atoms with Crippen molar-refractivity contribution in [1.82, 2.24) is 0 Å². The van der Waals surface area contributed by atoms with E-state index in [1.54, 1.807) is 0 Å². The summed E-state index contributed by atoms with van der Waals surface area (Å²) in [6.07, 6.45) is 2.34. The molecule has 0 saturated carbocycles. The molecule has 2 unspecified atom stereocenters. The van der Waals surface area contributed by atoms with Gasteiger partial charge in [0, 0.05) is 0 Å². The predicted octanol–water partition coefficient (Wildman–Crippen LogP) is -0.736. The summed E-state index contributed by atoms with van der Waals surface area (Å²) < 4.78 is 34.3. The molecule has 10 heteroatoms. The molecule has 2 atom stereocenters. The first-order chi connectivity index (χ1) is 11.6. The smallest absolute Gasteiger partial charge is 0.522 e. The Morgan fingerprint density at radius 3 is 2.08 bits per heavy atom. The number of carbonyl (C=O) groups is 2. The zero-order valence-electron chi connectivity index (χ0n) is 14.9. The Balaban J connectivity index is 0. The van der Waals surface area contributed by atoms with E-state index in [2.05, 4.69) is 13.8 Å². The molecule has 0 aliphatic rings. The van der Waals surface area contributed by atoms with Crippen LogP contribution in [-0.2, 0) is 19.7 Å². The molecule has 1 rings (SSSR count). The first kappa shape index (κ1) is 27.1. The van der Waals surface area contributed by atoms with Crippen molar-refractivity contribution in [2.24, 2.45) is 0 Å². The number of benzene rings is 1. The normalized spacial score (nSPS) is 12.6. The molecule has 0 amide bonds. The second-order valence-corrected chi connectivity index (χ2v) is 6.73. The first-order valence-corrected chi connectivity index (χ1v) is 9.03. The van der Waals surface area contributed by atoms with Gasteiger partial charge < -0.3 is 21.9 Å². The minimum absolute atomic E-state index is 0. The van der Waals surface area contributed by atoms with Gasteiger partial charge in [0.25, 0.3) is 10.1 Å². The quantitative estimate of drug-likeness (QED) is 0.281. The summed E-state index contributed by atoms with van der Waals surface area (Å²) in [6.45, 7) is 6.12. The van der Waals surface area contributed by atoms with Gasteiger partial charge in [0.05, 0.1) is 6.42 Å². The largest absolute Gasteiger partial charge is 1.00 e. The van der Waals surface area contributed by atoms with E-state index in [0.29, 0.717) is 0 Å². The van der Waals surface area contributed by atoms with Crippen LogP contribution in [0.4, 0.5) is 0 Å². The van der Waals surface area contributed by atoms with Crippen LogP contribution in [0.3, 0.4) is 0 Å². The van der Waals surface area contributed by atoms with Crippen molar-refractivity contribution in [1.29, 1.82) is 0 Å². The summed E-state index contributed by atoms with van der Waals surface area (Å²) >= 11 is 0. The van der Waals surface area contributed by atoms with E-state index < -0.39 is 33.7 Å². The molecule has 142 valence electrons. The van der Waals surface area contributed by atoms with Gasteiger partial charge in [-0.3, -0.25) is 14.1 Å². The van der Waals surface area contributed by atoms with Crippen LogP contribution in [0.15, 0.2) is 30.3 Å². The van der Waals surface area contributed by atoms with Gasteiger partial charge in [-0.05, 0) is 24.7 Å². The Hall–Kier alpha value is -1.13. The van der Waals surface area contributed by atoms with Crippen molar-refractivity contribution < 1.29 is 67.1 Å². The topological polar surface area (TPSA) is 138 Å². The van der Waals surface area contributed by atoms with Crippen LogP contribution >= 0.6 is 0 Å². The van der Waals surface area contributed by atoms with Gasteiger partial charge in [-0.1, -0.05) is 38.0 Å². The van der Waals surface area contributed by atoms with E-state index in [-0.39, 0.29) is 35.7 Å². The Labute approximate surface area is 175 Å². The number of aliphatic carboxylic acids is 2. The maximum Gasteiger partial charge on any atom is 1.00 e. The molecule has 0 aliphatic carbocycles. The van der Waals surface area contributed by atoms with Crippen LogP contribution in [0.2, 0.25) is 0 Å². The van der Waals surface area contributed by atoms with Crippen molar-refractivity contribution in [3.63, 3.8) is 0 Å². The second-order valence-electron chi connectivity index (χ2n) is 5.13. The van der Waals surface area contributed by atoms with Crippen molar-refractivity contribution >= 4 is 22.1 Å². The van der Waals surface area contributed by atoms with Gasteiger partial charge in [0.2, 0.25) is 0 Å². The van der Waals surface area contributed by atoms with E-state index in [9.17, 15) is 18.0 Å². The average Bonchev–Trinajstić information content (AvgIpc) is 2.51. The van der Waals surface area contributed by atoms with E-state index in [1.807, 2.05) is 30.3 Å². The number of ether oxygens (including phenoxy) is 1. The molecule has 8 nitrogen and oxygen atoms in total. The number of hydrogen-bond donors (Lipinski definition) is 3. The zero-order valence-corrected chi connectivity index (χ0v) is 17.7. The van der Waals surface area contributed by atoms with Gasteiger partial charge in [-0.15, -0.1) is 0 Å². The van der Waals surface area contributed by atoms with Crippen LogP contribution in [0.5, 0.6) is 5.75 Å². The Bertz CT molecular complexity index is 633. The maximum absolute atomic E-state index is 10.2. The monoisotopic (exact) mass is 398 g/mol. The number of carboxylic acids is 2. The molecular formula is C16H23NaO8S. The van der Waals surface area contributed by atoms with E-state index in [0.717, 1.165) is 12.2 Å². The molecule has 0 bridgehead atoms. The van der Waals surface area contributed by atoms with Crippen molar-refractivity contribution in [3.05, 3.63) is 37.3 Å². The van der Waals surface area contributed by atoms with Crippen molar-refractivity contribution in [2.45, 2.75) is 44.0 Å². The number of carboxylic acid groups (broad SMARTS) is 2. The van der Waals surface area contributed by atoms with E-state index in [4.69, 9.17) is 19.5 Å². The molecule has 0 radical (unpaired) electrons. The molecule has 3 N–H and O–H groups in total. The fourth-order valence-corrected chi connectivity index (χ4v) is 2.27. The molecule has 0 aliphatic heterocycles. The van der Waals surface area contributed by atoms with Crippen LogP contribution < -0.4 is 34.3 Å². The minimum atomic E-state index is -4.84. The molecule has 0 heterocycles. The Kier molecular flexibility index (Phi) is 14.6. The van der Waals surface area contributed by atoms with Crippen molar-refractivity contribution in [3.8, 4) is 5.75 Å². The molecule has 0 saturated heterocycles. The fraction of sp³-hybridized carbons (Fsp3) is 0.438. The van der Waals surface area contributed by atoms with Gasteiger partial charge in [0.1, 0.15) is 5.75 Å². The molecular weight excluding hydrogens is 375 g/mol. The molecule has 1 aromatic rings. The number of para-hydroxylation sites is 1. The summed E-state index contributed by atoms with van der Waals surface area (Å²) in [6, 6.07) is 9.86. The molecule has 0 aromatic heterocycles. The Morgan fingerprint density at radius 2 is 1.73 bits per heavy atom. The predicted molar refractivity (Wildman–Crippen MR) is 91.0 cm³/mol. The van der Waals surface area contributed by atoms with Crippen LogP contribution in [-0.4, -0.2) is 46.5 Å². The third-order valence-electron chi connectivity index (χ3n) is 2.92. The SMILES string of the molecule is O=C(O)CC(C(=O)O)S(=O)(=O)O.[CH2-]C(CCCC)Oc1ccccc1.[Na+]. The minimum Gasteiger partial charge on any atom is -0.522 e. The molecule has 1 aromatic carbocycles. The van der Waals surface area contributed by atoms with Crippen LogP contribution in [0.25, 0.3) is 0 Å². The molecule has 0 spiro atoms. The Morgan fingerprint density at radius 1 is 1.19 bits per heavy atom.